The molecule has 0 aliphatic carbocycles. The SMILES string of the molecule is CCCCCN1C(=O)/C(=C2\SC(=S)N(CCC(=O)[O-])C2=O)c2cc(Br)ccc21. The number of amides is 2. The topological polar surface area (TPSA) is 80.8 Å². The summed E-state index contributed by atoms with van der Waals surface area (Å²) in [7, 11) is 0. The zero-order chi connectivity index (χ0) is 20.4. The Bertz CT molecular complexity index is 900. The van der Waals surface area contributed by atoms with Crippen molar-refractivity contribution in [2.75, 3.05) is 18.0 Å². The molecule has 6 nitrogen and oxygen atoms in total. The summed E-state index contributed by atoms with van der Waals surface area (Å²) in [5.74, 6) is -1.90. The van der Waals surface area contributed by atoms with Crippen molar-refractivity contribution >= 4 is 73.3 Å². The summed E-state index contributed by atoms with van der Waals surface area (Å²) in [6, 6.07) is 5.57. The Morgan fingerprint density at radius 2 is 1.93 bits per heavy atom. The molecule has 0 saturated carbocycles. The molecule has 1 fully saturated rings. The summed E-state index contributed by atoms with van der Waals surface area (Å²) in [4.78, 5) is 40.0. The average molecular weight is 482 g/mol. The number of unbranched alkanes of at least 4 members (excludes halogenated alkanes) is 2. The van der Waals surface area contributed by atoms with Crippen molar-refractivity contribution < 1.29 is 19.5 Å². The number of hydrogen-bond donors (Lipinski definition) is 0. The van der Waals surface area contributed by atoms with Crippen LogP contribution in [-0.4, -0.2) is 40.1 Å². The monoisotopic (exact) mass is 481 g/mol. The van der Waals surface area contributed by atoms with Crippen LogP contribution in [0.15, 0.2) is 27.6 Å². The Morgan fingerprint density at radius 1 is 1.18 bits per heavy atom. The van der Waals surface area contributed by atoms with Gasteiger partial charge in [0.1, 0.15) is 4.32 Å². The van der Waals surface area contributed by atoms with E-state index in [0.717, 1.165) is 41.2 Å². The van der Waals surface area contributed by atoms with E-state index in [9.17, 15) is 19.5 Å². The van der Waals surface area contributed by atoms with E-state index in [-0.39, 0.29) is 28.1 Å². The van der Waals surface area contributed by atoms with E-state index in [0.29, 0.717) is 17.7 Å². The predicted molar refractivity (Wildman–Crippen MR) is 114 cm³/mol. The fraction of sp³-hybridized carbons (Fsp3) is 0.368. The third-order valence-corrected chi connectivity index (χ3v) is 6.52. The van der Waals surface area contributed by atoms with Crippen LogP contribution in [0.5, 0.6) is 0 Å². The van der Waals surface area contributed by atoms with Crippen LogP contribution in [0.3, 0.4) is 0 Å². The summed E-state index contributed by atoms with van der Waals surface area (Å²) in [6.45, 7) is 2.61. The van der Waals surface area contributed by atoms with Gasteiger partial charge < -0.3 is 14.8 Å². The molecule has 0 spiro atoms. The van der Waals surface area contributed by atoms with Crippen molar-refractivity contribution in [3.8, 4) is 0 Å². The van der Waals surface area contributed by atoms with Crippen molar-refractivity contribution in [2.24, 2.45) is 0 Å². The number of carbonyl (C=O) groups is 3. The van der Waals surface area contributed by atoms with Gasteiger partial charge in [0, 0.05) is 35.5 Å². The van der Waals surface area contributed by atoms with Crippen LogP contribution in [0, 0.1) is 0 Å². The zero-order valence-electron chi connectivity index (χ0n) is 15.2. The number of halogens is 1. The van der Waals surface area contributed by atoms with Gasteiger partial charge in [-0.25, -0.2) is 0 Å². The average Bonchev–Trinajstić information content (AvgIpc) is 3.06. The maximum Gasteiger partial charge on any atom is 0.267 e. The third kappa shape index (κ3) is 4.01. The highest BCUT2D eigenvalue weighted by atomic mass is 79.9. The van der Waals surface area contributed by atoms with Crippen LogP contribution in [-0.2, 0) is 14.4 Å². The number of carbonyl (C=O) groups excluding carboxylic acids is 3. The summed E-state index contributed by atoms with van der Waals surface area (Å²) in [6.07, 6.45) is 2.61. The molecule has 1 aromatic rings. The minimum atomic E-state index is -1.25. The van der Waals surface area contributed by atoms with Crippen molar-refractivity contribution in [3.63, 3.8) is 0 Å². The van der Waals surface area contributed by atoms with Crippen LogP contribution in [0.2, 0.25) is 0 Å². The van der Waals surface area contributed by atoms with Crippen molar-refractivity contribution in [3.05, 3.63) is 33.1 Å². The number of carboxylic acids is 1. The molecule has 2 amide bonds. The molecule has 0 bridgehead atoms. The molecule has 2 heterocycles. The molecule has 0 aromatic heterocycles. The molecular formula is C19H18BrN2O4S2-. The minimum Gasteiger partial charge on any atom is -0.550 e. The number of thioether (sulfide) groups is 1. The normalized spacial score (nSPS) is 19.0. The van der Waals surface area contributed by atoms with E-state index in [2.05, 4.69) is 22.9 Å². The van der Waals surface area contributed by atoms with Gasteiger partial charge >= 0.3 is 0 Å². The predicted octanol–water partition coefficient (Wildman–Crippen LogP) is 2.70. The van der Waals surface area contributed by atoms with Gasteiger partial charge in [-0.3, -0.25) is 14.5 Å². The quantitative estimate of drug-likeness (QED) is 0.338. The van der Waals surface area contributed by atoms with Gasteiger partial charge in [0.25, 0.3) is 11.8 Å². The molecule has 2 aliphatic heterocycles. The van der Waals surface area contributed by atoms with Gasteiger partial charge in [0.2, 0.25) is 0 Å². The number of nitrogens with zero attached hydrogens (tertiary/aromatic N) is 2. The first-order valence-electron chi connectivity index (χ1n) is 8.94. The number of hydrogen-bond acceptors (Lipinski definition) is 6. The first-order valence-corrected chi connectivity index (χ1v) is 11.0. The lowest BCUT2D eigenvalue weighted by molar-refractivity contribution is -0.305. The summed E-state index contributed by atoms with van der Waals surface area (Å²) in [5, 5.41) is 10.8. The molecule has 28 heavy (non-hydrogen) atoms. The van der Waals surface area contributed by atoms with Gasteiger partial charge in [-0.2, -0.15) is 0 Å². The second-order valence-corrected chi connectivity index (χ2v) is 9.04. The molecule has 1 aromatic carbocycles. The highest BCUT2D eigenvalue weighted by Crippen LogP contribution is 2.45. The van der Waals surface area contributed by atoms with Crippen LogP contribution in [0.1, 0.15) is 38.2 Å². The first kappa shape index (κ1) is 21.0. The lowest BCUT2D eigenvalue weighted by Gasteiger charge is -2.17. The fourth-order valence-corrected chi connectivity index (χ4v) is 4.95. The lowest BCUT2D eigenvalue weighted by Crippen LogP contribution is -2.34. The molecule has 148 valence electrons. The Labute approximate surface area is 181 Å². The zero-order valence-corrected chi connectivity index (χ0v) is 18.4. The molecule has 0 atom stereocenters. The molecule has 1 saturated heterocycles. The van der Waals surface area contributed by atoms with E-state index >= 15 is 0 Å². The number of thiocarbonyl (C=S) groups is 1. The molecule has 0 unspecified atom stereocenters. The standard InChI is InChI=1S/C19H19BrN2O4S2/c1-2-3-4-8-21-13-6-5-11(20)10-12(13)15(17(21)25)16-18(26)22(19(27)28-16)9-7-14(23)24/h5-6,10H,2-4,7-9H2,1H3,(H,23,24)/p-1/b16-15-. The Kier molecular flexibility index (Phi) is 6.57. The van der Waals surface area contributed by atoms with Gasteiger partial charge in [-0.1, -0.05) is 59.7 Å². The van der Waals surface area contributed by atoms with Crippen LogP contribution in [0.4, 0.5) is 5.69 Å². The van der Waals surface area contributed by atoms with E-state index in [1.807, 2.05) is 18.2 Å². The van der Waals surface area contributed by atoms with Gasteiger partial charge in [-0.05, 0) is 24.6 Å². The van der Waals surface area contributed by atoms with Gasteiger partial charge in [0.05, 0.1) is 16.2 Å². The number of aliphatic carboxylic acids is 1. The Morgan fingerprint density at radius 3 is 2.61 bits per heavy atom. The molecule has 0 N–H and O–H groups in total. The van der Waals surface area contributed by atoms with Crippen molar-refractivity contribution in [1.29, 1.82) is 0 Å². The minimum absolute atomic E-state index is 0.0659. The highest BCUT2D eigenvalue weighted by molar-refractivity contribution is 9.10. The highest BCUT2D eigenvalue weighted by Gasteiger charge is 2.41. The number of fused-ring (bicyclic) bond motifs is 1. The smallest absolute Gasteiger partial charge is 0.267 e. The van der Waals surface area contributed by atoms with E-state index in [1.54, 1.807) is 4.90 Å². The summed E-state index contributed by atoms with van der Waals surface area (Å²) >= 11 is 9.72. The first-order chi connectivity index (χ1) is 13.3. The fourth-order valence-electron chi connectivity index (χ4n) is 3.21. The Hall–Kier alpha value is -1.71. The van der Waals surface area contributed by atoms with Gasteiger partial charge in [-0.15, -0.1) is 0 Å². The van der Waals surface area contributed by atoms with E-state index in [4.69, 9.17) is 12.2 Å². The largest absolute Gasteiger partial charge is 0.550 e. The summed E-state index contributed by atoms with van der Waals surface area (Å²) < 4.78 is 1.06. The molecule has 2 aliphatic rings. The van der Waals surface area contributed by atoms with Gasteiger partial charge in [0.15, 0.2) is 0 Å². The third-order valence-electron chi connectivity index (χ3n) is 4.58. The number of rotatable bonds is 7. The van der Waals surface area contributed by atoms with Crippen LogP contribution in [0.25, 0.3) is 5.57 Å². The second-order valence-electron chi connectivity index (χ2n) is 6.48. The maximum atomic E-state index is 13.2. The Balaban J connectivity index is 2.00. The van der Waals surface area contributed by atoms with E-state index < -0.39 is 11.9 Å². The van der Waals surface area contributed by atoms with Crippen molar-refractivity contribution in [1.82, 2.24) is 4.90 Å². The van der Waals surface area contributed by atoms with Crippen molar-refractivity contribution in [2.45, 2.75) is 32.6 Å². The summed E-state index contributed by atoms with van der Waals surface area (Å²) in [5.41, 5.74) is 1.80. The number of carboxylic acid groups (broad SMARTS) is 1. The number of anilines is 1. The number of benzene rings is 1. The van der Waals surface area contributed by atoms with E-state index in [1.165, 1.54) is 4.90 Å². The second kappa shape index (κ2) is 8.75. The molecule has 0 radical (unpaired) electrons. The van der Waals surface area contributed by atoms with Crippen LogP contribution < -0.4 is 10.0 Å². The molecular weight excluding hydrogens is 464 g/mol. The maximum absolute atomic E-state index is 13.2. The lowest BCUT2D eigenvalue weighted by atomic mass is 10.1. The molecule has 3 rings (SSSR count). The van der Waals surface area contributed by atoms with Crippen LogP contribution >= 0.6 is 39.9 Å². The molecule has 9 heteroatoms.